The summed E-state index contributed by atoms with van der Waals surface area (Å²) < 4.78 is 13.6. The average molecular weight is 328 g/mol. The van der Waals surface area contributed by atoms with E-state index in [9.17, 15) is 9.18 Å². The summed E-state index contributed by atoms with van der Waals surface area (Å²) in [6.07, 6.45) is 7.92. The molecule has 1 amide bonds. The molecular formula is C15H19BrFNO. The molecule has 0 aliphatic heterocycles. The molecule has 2 rings (SSSR count). The smallest absolute Gasteiger partial charge is 0.227 e. The number of amides is 1. The second-order valence-electron chi connectivity index (χ2n) is 5.16. The Hall–Kier alpha value is -0.900. The van der Waals surface area contributed by atoms with Gasteiger partial charge in [-0.3, -0.25) is 4.79 Å². The maximum atomic E-state index is 13.0. The molecule has 2 nitrogen and oxygen atoms in total. The van der Waals surface area contributed by atoms with Crippen molar-refractivity contribution < 1.29 is 9.18 Å². The Morgan fingerprint density at radius 2 is 1.79 bits per heavy atom. The minimum atomic E-state index is -0.309. The van der Waals surface area contributed by atoms with Gasteiger partial charge in [-0.2, -0.15) is 0 Å². The van der Waals surface area contributed by atoms with E-state index in [4.69, 9.17) is 0 Å². The van der Waals surface area contributed by atoms with Gasteiger partial charge in [0.05, 0.1) is 5.69 Å². The zero-order valence-corrected chi connectivity index (χ0v) is 12.5. The number of hydrogen-bond donors (Lipinski definition) is 1. The lowest BCUT2D eigenvalue weighted by molar-refractivity contribution is -0.120. The molecule has 1 aromatic carbocycles. The molecule has 1 aliphatic carbocycles. The molecule has 19 heavy (non-hydrogen) atoms. The van der Waals surface area contributed by atoms with Crippen LogP contribution in [0.2, 0.25) is 0 Å². The standard InChI is InChI=1S/C15H19BrFNO/c16-13-10-12(17)8-9-14(13)18-15(19)11-6-4-2-1-3-5-7-11/h8-11H,1-7H2,(H,18,19). The Kier molecular flexibility index (Phi) is 5.37. The molecular weight excluding hydrogens is 309 g/mol. The molecule has 1 aliphatic rings. The first kappa shape index (κ1) is 14.5. The molecule has 1 N–H and O–H groups in total. The number of anilines is 1. The van der Waals surface area contributed by atoms with Gasteiger partial charge in [0, 0.05) is 10.4 Å². The van der Waals surface area contributed by atoms with Crippen molar-refractivity contribution in [3.8, 4) is 0 Å². The zero-order chi connectivity index (χ0) is 13.7. The monoisotopic (exact) mass is 327 g/mol. The van der Waals surface area contributed by atoms with Crippen molar-refractivity contribution in [3.63, 3.8) is 0 Å². The second-order valence-corrected chi connectivity index (χ2v) is 6.01. The fraction of sp³-hybridized carbons (Fsp3) is 0.533. The zero-order valence-electron chi connectivity index (χ0n) is 10.9. The maximum absolute atomic E-state index is 13.0. The lowest BCUT2D eigenvalue weighted by Gasteiger charge is -2.19. The van der Waals surface area contributed by atoms with Crippen molar-refractivity contribution in [3.05, 3.63) is 28.5 Å². The van der Waals surface area contributed by atoms with E-state index < -0.39 is 0 Å². The van der Waals surface area contributed by atoms with Crippen molar-refractivity contribution in [2.75, 3.05) is 5.32 Å². The summed E-state index contributed by atoms with van der Waals surface area (Å²) in [6.45, 7) is 0. The molecule has 104 valence electrons. The second kappa shape index (κ2) is 7.04. The van der Waals surface area contributed by atoms with E-state index in [2.05, 4.69) is 21.2 Å². The predicted octanol–water partition coefficient (Wildman–Crippen LogP) is 4.89. The highest BCUT2D eigenvalue weighted by Crippen LogP contribution is 2.27. The Morgan fingerprint density at radius 3 is 2.42 bits per heavy atom. The van der Waals surface area contributed by atoms with Gasteiger partial charge >= 0.3 is 0 Å². The van der Waals surface area contributed by atoms with Gasteiger partial charge in [0.25, 0.3) is 0 Å². The van der Waals surface area contributed by atoms with E-state index in [0.29, 0.717) is 10.2 Å². The van der Waals surface area contributed by atoms with Crippen LogP contribution in [0.5, 0.6) is 0 Å². The van der Waals surface area contributed by atoms with Crippen LogP contribution in [-0.4, -0.2) is 5.91 Å². The van der Waals surface area contributed by atoms with Crippen molar-refractivity contribution in [2.24, 2.45) is 5.92 Å². The van der Waals surface area contributed by atoms with Crippen LogP contribution in [-0.2, 0) is 4.79 Å². The Labute approximate surface area is 121 Å². The summed E-state index contributed by atoms with van der Waals surface area (Å²) in [6, 6.07) is 4.33. The molecule has 0 unspecified atom stereocenters. The SMILES string of the molecule is O=C(Nc1ccc(F)cc1Br)C1CCCCCCC1. The minimum absolute atomic E-state index is 0.0641. The summed E-state index contributed by atoms with van der Waals surface area (Å²) >= 11 is 3.27. The first-order valence-electron chi connectivity index (χ1n) is 6.93. The van der Waals surface area contributed by atoms with Crippen LogP contribution >= 0.6 is 15.9 Å². The number of carbonyl (C=O) groups is 1. The molecule has 1 aromatic rings. The summed E-state index contributed by atoms with van der Waals surface area (Å²) in [5.74, 6) is -0.151. The first-order chi connectivity index (χ1) is 9.16. The predicted molar refractivity (Wildman–Crippen MR) is 78.5 cm³/mol. The van der Waals surface area contributed by atoms with Gasteiger partial charge in [0.1, 0.15) is 5.82 Å². The van der Waals surface area contributed by atoms with Gasteiger partial charge < -0.3 is 5.32 Å². The maximum Gasteiger partial charge on any atom is 0.227 e. The van der Waals surface area contributed by atoms with Gasteiger partial charge in [0.2, 0.25) is 5.91 Å². The van der Waals surface area contributed by atoms with E-state index in [1.54, 1.807) is 6.07 Å². The van der Waals surface area contributed by atoms with Gasteiger partial charge in [0.15, 0.2) is 0 Å². The van der Waals surface area contributed by atoms with E-state index in [-0.39, 0.29) is 17.6 Å². The first-order valence-corrected chi connectivity index (χ1v) is 7.72. The summed E-state index contributed by atoms with van der Waals surface area (Å²) in [4.78, 5) is 12.2. The summed E-state index contributed by atoms with van der Waals surface area (Å²) in [5.41, 5.74) is 0.647. The Balaban J connectivity index is 1.98. The molecule has 1 saturated carbocycles. The quantitative estimate of drug-likeness (QED) is 0.823. The molecule has 0 radical (unpaired) electrons. The van der Waals surface area contributed by atoms with E-state index in [0.717, 1.165) is 25.7 Å². The average Bonchev–Trinajstić information content (AvgIpc) is 2.32. The van der Waals surface area contributed by atoms with Crippen molar-refractivity contribution in [1.29, 1.82) is 0 Å². The fourth-order valence-corrected chi connectivity index (χ4v) is 2.99. The normalized spacial score (nSPS) is 17.6. The molecule has 0 spiro atoms. The van der Waals surface area contributed by atoms with Crippen molar-refractivity contribution in [1.82, 2.24) is 0 Å². The van der Waals surface area contributed by atoms with Crippen LogP contribution in [0, 0.1) is 11.7 Å². The largest absolute Gasteiger partial charge is 0.325 e. The highest BCUT2D eigenvalue weighted by molar-refractivity contribution is 9.10. The van der Waals surface area contributed by atoms with Crippen LogP contribution in [0.15, 0.2) is 22.7 Å². The molecule has 1 fully saturated rings. The number of hydrogen-bond acceptors (Lipinski definition) is 1. The lowest BCUT2D eigenvalue weighted by Crippen LogP contribution is -2.23. The number of carbonyl (C=O) groups excluding carboxylic acids is 1. The van der Waals surface area contributed by atoms with Gasteiger partial charge in [-0.25, -0.2) is 4.39 Å². The molecule has 4 heteroatoms. The highest BCUT2D eigenvalue weighted by atomic mass is 79.9. The molecule has 0 bridgehead atoms. The van der Waals surface area contributed by atoms with Crippen LogP contribution in [0.25, 0.3) is 0 Å². The highest BCUT2D eigenvalue weighted by Gasteiger charge is 2.20. The Morgan fingerprint density at radius 1 is 1.16 bits per heavy atom. The third-order valence-corrected chi connectivity index (χ3v) is 4.32. The Bertz CT molecular complexity index is 442. The van der Waals surface area contributed by atoms with Crippen LogP contribution in [0.3, 0.4) is 0 Å². The summed E-state index contributed by atoms with van der Waals surface area (Å²) in [7, 11) is 0. The molecule has 0 saturated heterocycles. The van der Waals surface area contributed by atoms with Crippen LogP contribution < -0.4 is 5.32 Å². The third-order valence-electron chi connectivity index (χ3n) is 3.66. The summed E-state index contributed by atoms with van der Waals surface area (Å²) in [5, 5.41) is 2.90. The third kappa shape index (κ3) is 4.30. The number of halogens is 2. The fourth-order valence-electron chi connectivity index (χ4n) is 2.54. The molecule has 0 heterocycles. The number of benzene rings is 1. The van der Waals surface area contributed by atoms with Crippen molar-refractivity contribution in [2.45, 2.75) is 44.9 Å². The number of rotatable bonds is 2. The molecule has 0 aromatic heterocycles. The lowest BCUT2D eigenvalue weighted by atomic mass is 9.90. The van der Waals surface area contributed by atoms with Gasteiger partial charge in [-0.05, 0) is 47.0 Å². The van der Waals surface area contributed by atoms with Crippen LogP contribution in [0.1, 0.15) is 44.9 Å². The minimum Gasteiger partial charge on any atom is -0.325 e. The van der Waals surface area contributed by atoms with E-state index in [1.165, 1.54) is 31.4 Å². The van der Waals surface area contributed by atoms with Crippen LogP contribution in [0.4, 0.5) is 10.1 Å². The van der Waals surface area contributed by atoms with E-state index >= 15 is 0 Å². The van der Waals surface area contributed by atoms with Gasteiger partial charge in [-0.15, -0.1) is 0 Å². The van der Waals surface area contributed by atoms with Gasteiger partial charge in [-0.1, -0.05) is 32.1 Å². The molecule has 0 atom stereocenters. The number of nitrogens with one attached hydrogen (secondary N) is 1. The van der Waals surface area contributed by atoms with E-state index in [1.807, 2.05) is 0 Å². The topological polar surface area (TPSA) is 29.1 Å². The van der Waals surface area contributed by atoms with Crippen molar-refractivity contribution >= 4 is 27.5 Å².